The van der Waals surface area contributed by atoms with Crippen LogP contribution < -0.4 is 18.9 Å². The highest BCUT2D eigenvalue weighted by molar-refractivity contribution is 5.71. The van der Waals surface area contributed by atoms with Crippen molar-refractivity contribution in [2.75, 3.05) is 21.3 Å². The van der Waals surface area contributed by atoms with Crippen LogP contribution in [0.25, 0.3) is 5.76 Å². The summed E-state index contributed by atoms with van der Waals surface area (Å²) in [4.78, 5) is 0. The van der Waals surface area contributed by atoms with Crippen molar-refractivity contribution in [3.05, 3.63) is 47.2 Å². The van der Waals surface area contributed by atoms with E-state index >= 15 is 0 Å². The van der Waals surface area contributed by atoms with Crippen molar-refractivity contribution in [2.45, 2.75) is 6.42 Å². The fourth-order valence-corrected chi connectivity index (χ4v) is 2.62. The minimum absolute atomic E-state index is 0.0147. The number of methoxy groups -OCH3 is 3. The van der Waals surface area contributed by atoms with Gasteiger partial charge in [-0.25, -0.2) is 0 Å². The molecular weight excluding hydrogens is 312 g/mol. The first-order valence-electron chi connectivity index (χ1n) is 7.29. The molecule has 2 aromatic carbocycles. The molecule has 2 aromatic rings. The van der Waals surface area contributed by atoms with Gasteiger partial charge in [0.15, 0.2) is 17.3 Å². The van der Waals surface area contributed by atoms with Crippen molar-refractivity contribution in [1.82, 2.24) is 0 Å². The Kier molecular flexibility index (Phi) is 4.12. The molecule has 1 heterocycles. The second-order valence-electron chi connectivity index (χ2n) is 5.25. The number of aliphatic hydroxyl groups excluding tert-OH is 1. The van der Waals surface area contributed by atoms with Crippen LogP contribution in [0.3, 0.4) is 0 Å². The smallest absolute Gasteiger partial charge is 0.172 e. The number of hydrogen-bond acceptors (Lipinski definition) is 6. The lowest BCUT2D eigenvalue weighted by Crippen LogP contribution is -2.11. The van der Waals surface area contributed by atoms with Crippen molar-refractivity contribution < 1.29 is 29.2 Å². The fourth-order valence-electron chi connectivity index (χ4n) is 2.62. The number of rotatable bonds is 4. The third-order valence-electron chi connectivity index (χ3n) is 3.86. The number of hydrogen-bond donors (Lipinski definition) is 2. The SMILES string of the molecule is COc1cc(OC)c2c(c1)OC(c1ccc(O)c(OC)c1)=C(O)C2. The van der Waals surface area contributed by atoms with Crippen LogP contribution in [-0.4, -0.2) is 31.5 Å². The number of phenols is 1. The predicted octanol–water partition coefficient (Wildman–Crippen LogP) is 3.28. The Bertz CT molecular complexity index is 809. The van der Waals surface area contributed by atoms with E-state index < -0.39 is 0 Å². The van der Waals surface area contributed by atoms with Gasteiger partial charge in [0.05, 0.1) is 21.3 Å². The summed E-state index contributed by atoms with van der Waals surface area (Å²) in [6, 6.07) is 8.21. The maximum atomic E-state index is 10.4. The average Bonchev–Trinajstić information content (AvgIpc) is 2.61. The molecule has 0 saturated heterocycles. The lowest BCUT2D eigenvalue weighted by Gasteiger charge is -2.23. The molecule has 0 atom stereocenters. The summed E-state index contributed by atoms with van der Waals surface area (Å²) >= 11 is 0. The third-order valence-corrected chi connectivity index (χ3v) is 3.86. The van der Waals surface area contributed by atoms with Gasteiger partial charge < -0.3 is 29.2 Å². The quantitative estimate of drug-likeness (QED) is 0.896. The van der Waals surface area contributed by atoms with Gasteiger partial charge in [0, 0.05) is 29.7 Å². The molecule has 0 fully saturated rings. The standard InChI is InChI=1S/C18H18O6/c1-21-11-7-15(22-2)12-9-14(20)18(24-16(12)8-11)10-4-5-13(19)17(6-10)23-3/h4-8,19-20H,9H2,1-3H3. The van der Waals surface area contributed by atoms with Gasteiger partial charge in [0.2, 0.25) is 0 Å². The Hall–Kier alpha value is -3.02. The molecule has 0 spiro atoms. The summed E-state index contributed by atoms with van der Waals surface area (Å²) in [5, 5.41) is 20.1. The van der Waals surface area contributed by atoms with E-state index in [0.717, 1.165) is 5.56 Å². The van der Waals surface area contributed by atoms with Crippen LogP contribution in [0, 0.1) is 0 Å². The van der Waals surface area contributed by atoms with Gasteiger partial charge in [-0.15, -0.1) is 0 Å². The molecule has 2 N–H and O–H groups in total. The molecule has 6 heteroatoms. The molecule has 0 saturated carbocycles. The molecule has 6 nitrogen and oxygen atoms in total. The van der Waals surface area contributed by atoms with Crippen molar-refractivity contribution in [2.24, 2.45) is 0 Å². The minimum atomic E-state index is 0.0147. The maximum absolute atomic E-state index is 10.4. The first-order valence-corrected chi connectivity index (χ1v) is 7.29. The zero-order valence-corrected chi connectivity index (χ0v) is 13.6. The molecule has 126 valence electrons. The molecular formula is C18H18O6. The second-order valence-corrected chi connectivity index (χ2v) is 5.25. The van der Waals surface area contributed by atoms with Gasteiger partial charge in [-0.1, -0.05) is 0 Å². The Morgan fingerprint density at radius 2 is 1.67 bits per heavy atom. The Balaban J connectivity index is 2.05. The van der Waals surface area contributed by atoms with E-state index in [2.05, 4.69) is 0 Å². The van der Waals surface area contributed by atoms with Gasteiger partial charge in [-0.3, -0.25) is 0 Å². The van der Waals surface area contributed by atoms with Crippen molar-refractivity contribution in [3.8, 4) is 28.7 Å². The van der Waals surface area contributed by atoms with Crippen LogP contribution in [0.2, 0.25) is 0 Å². The van der Waals surface area contributed by atoms with Gasteiger partial charge in [0.1, 0.15) is 23.0 Å². The first kappa shape index (κ1) is 15.9. The summed E-state index contributed by atoms with van der Waals surface area (Å²) in [5.41, 5.74) is 1.33. The summed E-state index contributed by atoms with van der Waals surface area (Å²) in [6.07, 6.45) is 0.265. The number of benzene rings is 2. The van der Waals surface area contributed by atoms with Crippen LogP contribution in [0.1, 0.15) is 11.1 Å². The van der Waals surface area contributed by atoms with Gasteiger partial charge in [0.25, 0.3) is 0 Å². The van der Waals surface area contributed by atoms with E-state index in [4.69, 9.17) is 18.9 Å². The molecule has 0 amide bonds. The summed E-state index contributed by atoms with van der Waals surface area (Å²) in [5.74, 6) is 2.40. The lowest BCUT2D eigenvalue weighted by molar-refractivity contribution is 0.342. The number of aromatic hydroxyl groups is 1. The molecule has 24 heavy (non-hydrogen) atoms. The summed E-state index contributed by atoms with van der Waals surface area (Å²) < 4.78 is 21.6. The van der Waals surface area contributed by atoms with E-state index in [-0.39, 0.29) is 17.9 Å². The van der Waals surface area contributed by atoms with Crippen molar-refractivity contribution >= 4 is 5.76 Å². The van der Waals surface area contributed by atoms with Crippen LogP contribution in [-0.2, 0) is 6.42 Å². The van der Waals surface area contributed by atoms with Gasteiger partial charge in [-0.05, 0) is 18.2 Å². The summed E-state index contributed by atoms with van der Waals surface area (Å²) in [6.45, 7) is 0. The second kappa shape index (κ2) is 6.23. The van der Waals surface area contributed by atoms with Crippen LogP contribution >= 0.6 is 0 Å². The van der Waals surface area contributed by atoms with E-state index in [9.17, 15) is 10.2 Å². The Morgan fingerprint density at radius 1 is 0.917 bits per heavy atom. The van der Waals surface area contributed by atoms with E-state index in [1.807, 2.05) is 0 Å². The zero-order chi connectivity index (χ0) is 17.3. The highest BCUT2D eigenvalue weighted by Crippen LogP contribution is 2.42. The van der Waals surface area contributed by atoms with E-state index in [0.29, 0.717) is 34.3 Å². The lowest BCUT2D eigenvalue weighted by atomic mass is 10.0. The summed E-state index contributed by atoms with van der Waals surface area (Å²) in [7, 11) is 4.57. The van der Waals surface area contributed by atoms with Crippen LogP contribution in [0.4, 0.5) is 0 Å². The molecule has 0 aliphatic carbocycles. The van der Waals surface area contributed by atoms with E-state index in [1.165, 1.54) is 13.2 Å². The van der Waals surface area contributed by atoms with E-state index in [1.54, 1.807) is 38.5 Å². The molecule has 0 aromatic heterocycles. The van der Waals surface area contributed by atoms with Crippen LogP contribution in [0.15, 0.2) is 36.1 Å². The first-order chi connectivity index (χ1) is 11.6. The molecule has 0 bridgehead atoms. The fraction of sp³-hybridized carbons (Fsp3) is 0.222. The largest absolute Gasteiger partial charge is 0.508 e. The molecule has 1 aliphatic heterocycles. The topological polar surface area (TPSA) is 77.4 Å². The Labute approximate surface area is 139 Å². The molecule has 3 rings (SSSR count). The average molecular weight is 330 g/mol. The number of ether oxygens (including phenoxy) is 4. The van der Waals surface area contributed by atoms with Crippen molar-refractivity contribution in [1.29, 1.82) is 0 Å². The number of allylic oxidation sites excluding steroid dienone is 1. The molecule has 0 unspecified atom stereocenters. The maximum Gasteiger partial charge on any atom is 0.172 e. The van der Waals surface area contributed by atoms with Gasteiger partial charge >= 0.3 is 0 Å². The predicted molar refractivity (Wildman–Crippen MR) is 88.1 cm³/mol. The van der Waals surface area contributed by atoms with Gasteiger partial charge in [-0.2, -0.15) is 0 Å². The Morgan fingerprint density at radius 3 is 2.33 bits per heavy atom. The minimum Gasteiger partial charge on any atom is -0.508 e. The van der Waals surface area contributed by atoms with Crippen molar-refractivity contribution in [3.63, 3.8) is 0 Å². The van der Waals surface area contributed by atoms with Crippen LogP contribution in [0.5, 0.6) is 28.7 Å². The monoisotopic (exact) mass is 330 g/mol. The third kappa shape index (κ3) is 2.67. The number of phenolic OH excluding ortho intramolecular Hbond substituents is 1. The highest BCUT2D eigenvalue weighted by Gasteiger charge is 2.25. The highest BCUT2D eigenvalue weighted by atomic mass is 16.5. The zero-order valence-electron chi connectivity index (χ0n) is 13.6. The molecule has 0 radical (unpaired) electrons. The molecule has 1 aliphatic rings. The number of fused-ring (bicyclic) bond motifs is 1. The number of aliphatic hydroxyl groups is 1. The normalized spacial score (nSPS) is 13.1.